The second kappa shape index (κ2) is 2.82. The summed E-state index contributed by atoms with van der Waals surface area (Å²) in [6.45, 7) is 0.692. The van der Waals surface area contributed by atoms with Crippen molar-refractivity contribution < 1.29 is 0 Å². The first-order valence-electron chi connectivity index (χ1n) is 4.45. The molecule has 1 saturated carbocycles. The van der Waals surface area contributed by atoms with Crippen molar-refractivity contribution in [3.8, 4) is 0 Å². The lowest BCUT2D eigenvalue weighted by Crippen LogP contribution is -2.04. The number of hydrogen-bond donors (Lipinski definition) is 1. The van der Waals surface area contributed by atoms with Crippen molar-refractivity contribution in [2.24, 2.45) is 23.5 Å². The lowest BCUT2D eigenvalue weighted by molar-refractivity contribution is 0.549. The number of nitrogens with two attached hydrogens (primary N) is 1. The normalized spacial score (nSPS) is 41.0. The van der Waals surface area contributed by atoms with E-state index in [0.29, 0.717) is 6.54 Å². The SMILES string of the molecule is NC/C=C/C1CC2C=CC1C2. The van der Waals surface area contributed by atoms with Gasteiger partial charge >= 0.3 is 0 Å². The van der Waals surface area contributed by atoms with E-state index in [4.69, 9.17) is 5.73 Å². The number of fused-ring (bicyclic) bond motifs is 2. The van der Waals surface area contributed by atoms with Crippen LogP contribution in [0, 0.1) is 17.8 Å². The summed E-state index contributed by atoms with van der Waals surface area (Å²) in [4.78, 5) is 0. The van der Waals surface area contributed by atoms with Gasteiger partial charge in [-0.3, -0.25) is 0 Å². The van der Waals surface area contributed by atoms with Crippen molar-refractivity contribution in [1.82, 2.24) is 0 Å². The zero-order valence-electron chi connectivity index (χ0n) is 6.74. The van der Waals surface area contributed by atoms with E-state index in [1.807, 2.05) is 0 Å². The summed E-state index contributed by atoms with van der Waals surface area (Å²) in [6.07, 6.45) is 11.9. The quantitative estimate of drug-likeness (QED) is 0.594. The molecule has 0 heterocycles. The summed E-state index contributed by atoms with van der Waals surface area (Å²) in [5.74, 6) is 2.52. The second-order valence-corrected chi connectivity index (χ2v) is 3.61. The second-order valence-electron chi connectivity index (χ2n) is 3.61. The number of rotatable bonds is 2. The molecule has 0 saturated heterocycles. The molecule has 0 aromatic rings. The summed E-state index contributed by atoms with van der Waals surface area (Å²) >= 11 is 0. The van der Waals surface area contributed by atoms with E-state index in [2.05, 4.69) is 24.3 Å². The molecule has 1 fully saturated rings. The standard InChI is InChI=1S/C10H15N/c11-5-1-2-9-6-8-3-4-10(9)7-8/h1-4,8-10H,5-7,11H2/b2-1+. The maximum atomic E-state index is 5.40. The van der Waals surface area contributed by atoms with Crippen molar-refractivity contribution >= 4 is 0 Å². The molecule has 60 valence electrons. The van der Waals surface area contributed by atoms with Crippen LogP contribution in [0.25, 0.3) is 0 Å². The molecule has 0 radical (unpaired) electrons. The van der Waals surface area contributed by atoms with E-state index in [-0.39, 0.29) is 0 Å². The highest BCUT2D eigenvalue weighted by Crippen LogP contribution is 2.43. The Kier molecular flexibility index (Phi) is 1.82. The van der Waals surface area contributed by atoms with Gasteiger partial charge in [-0.25, -0.2) is 0 Å². The van der Waals surface area contributed by atoms with Crippen LogP contribution in [0.4, 0.5) is 0 Å². The highest BCUT2D eigenvalue weighted by atomic mass is 14.5. The van der Waals surface area contributed by atoms with Gasteiger partial charge in [-0.2, -0.15) is 0 Å². The maximum absolute atomic E-state index is 5.40. The molecule has 2 N–H and O–H groups in total. The average molecular weight is 149 g/mol. The molecule has 0 amide bonds. The molecular formula is C10H15N. The highest BCUT2D eigenvalue weighted by Gasteiger charge is 2.33. The highest BCUT2D eigenvalue weighted by molar-refractivity contribution is 5.14. The Balaban J connectivity index is 1.98. The van der Waals surface area contributed by atoms with E-state index in [1.54, 1.807) is 0 Å². The van der Waals surface area contributed by atoms with Crippen LogP contribution in [0.2, 0.25) is 0 Å². The summed E-state index contributed by atoms with van der Waals surface area (Å²) < 4.78 is 0. The van der Waals surface area contributed by atoms with Gasteiger partial charge in [-0.15, -0.1) is 0 Å². The third-order valence-electron chi connectivity index (χ3n) is 2.85. The zero-order chi connectivity index (χ0) is 7.68. The Morgan fingerprint density at radius 3 is 2.82 bits per heavy atom. The summed E-state index contributed by atoms with van der Waals surface area (Å²) in [5.41, 5.74) is 5.40. The van der Waals surface area contributed by atoms with Crippen molar-refractivity contribution in [3.63, 3.8) is 0 Å². The van der Waals surface area contributed by atoms with Crippen LogP contribution in [0.5, 0.6) is 0 Å². The lowest BCUT2D eigenvalue weighted by atomic mass is 9.93. The maximum Gasteiger partial charge on any atom is 0.0106 e. The molecule has 3 unspecified atom stereocenters. The predicted octanol–water partition coefficient (Wildman–Crippen LogP) is 1.71. The summed E-state index contributed by atoms with van der Waals surface area (Å²) in [5, 5.41) is 0. The number of allylic oxidation sites excluding steroid dienone is 3. The van der Waals surface area contributed by atoms with Gasteiger partial charge in [0.15, 0.2) is 0 Å². The van der Waals surface area contributed by atoms with E-state index < -0.39 is 0 Å². The molecule has 1 heteroatoms. The fourth-order valence-electron chi connectivity index (χ4n) is 2.30. The zero-order valence-corrected chi connectivity index (χ0v) is 6.74. The first-order chi connectivity index (χ1) is 5.40. The van der Waals surface area contributed by atoms with Crippen molar-refractivity contribution in [2.45, 2.75) is 12.8 Å². The van der Waals surface area contributed by atoms with E-state index in [9.17, 15) is 0 Å². The van der Waals surface area contributed by atoms with E-state index in [1.165, 1.54) is 12.8 Å². The fourth-order valence-corrected chi connectivity index (χ4v) is 2.30. The molecule has 0 spiro atoms. The smallest absolute Gasteiger partial charge is 0.0106 e. The minimum absolute atomic E-state index is 0.692. The molecule has 1 nitrogen and oxygen atoms in total. The van der Waals surface area contributed by atoms with Crippen LogP contribution >= 0.6 is 0 Å². The van der Waals surface area contributed by atoms with Crippen LogP contribution in [0.3, 0.4) is 0 Å². The third kappa shape index (κ3) is 1.25. The Labute approximate surface area is 68.0 Å². The molecule has 0 aromatic heterocycles. The lowest BCUT2D eigenvalue weighted by Gasteiger charge is -2.12. The summed E-state index contributed by atoms with van der Waals surface area (Å²) in [7, 11) is 0. The Hall–Kier alpha value is -0.560. The Morgan fingerprint density at radius 2 is 2.27 bits per heavy atom. The topological polar surface area (TPSA) is 26.0 Å². The van der Waals surface area contributed by atoms with Crippen LogP contribution < -0.4 is 5.73 Å². The summed E-state index contributed by atoms with van der Waals surface area (Å²) in [6, 6.07) is 0. The minimum atomic E-state index is 0.692. The van der Waals surface area contributed by atoms with Crippen LogP contribution in [0.15, 0.2) is 24.3 Å². The molecular weight excluding hydrogens is 134 g/mol. The molecule has 0 aromatic carbocycles. The monoisotopic (exact) mass is 149 g/mol. The largest absolute Gasteiger partial charge is 0.327 e. The van der Waals surface area contributed by atoms with Crippen LogP contribution in [-0.2, 0) is 0 Å². The minimum Gasteiger partial charge on any atom is -0.327 e. The van der Waals surface area contributed by atoms with Gasteiger partial charge in [-0.1, -0.05) is 24.3 Å². The van der Waals surface area contributed by atoms with E-state index in [0.717, 1.165) is 17.8 Å². The van der Waals surface area contributed by atoms with Gasteiger partial charge < -0.3 is 5.73 Å². The fraction of sp³-hybridized carbons (Fsp3) is 0.600. The van der Waals surface area contributed by atoms with Gasteiger partial charge in [0.1, 0.15) is 0 Å². The van der Waals surface area contributed by atoms with Gasteiger partial charge in [0, 0.05) is 6.54 Å². The van der Waals surface area contributed by atoms with Gasteiger partial charge in [0.25, 0.3) is 0 Å². The Bertz CT molecular complexity index is 193. The van der Waals surface area contributed by atoms with Crippen molar-refractivity contribution in [3.05, 3.63) is 24.3 Å². The number of hydrogen-bond acceptors (Lipinski definition) is 1. The molecule has 2 bridgehead atoms. The first-order valence-corrected chi connectivity index (χ1v) is 4.45. The van der Waals surface area contributed by atoms with Crippen LogP contribution in [0.1, 0.15) is 12.8 Å². The molecule has 2 rings (SSSR count). The van der Waals surface area contributed by atoms with Crippen molar-refractivity contribution in [2.75, 3.05) is 6.54 Å². The predicted molar refractivity (Wildman–Crippen MR) is 47.0 cm³/mol. The average Bonchev–Trinajstić information content (AvgIpc) is 2.60. The van der Waals surface area contributed by atoms with Crippen LogP contribution in [-0.4, -0.2) is 6.54 Å². The first kappa shape index (κ1) is 7.11. The van der Waals surface area contributed by atoms with Gasteiger partial charge in [0.05, 0.1) is 0 Å². The van der Waals surface area contributed by atoms with E-state index >= 15 is 0 Å². The van der Waals surface area contributed by atoms with Gasteiger partial charge in [0.2, 0.25) is 0 Å². The van der Waals surface area contributed by atoms with Crippen molar-refractivity contribution in [1.29, 1.82) is 0 Å². The molecule has 2 aliphatic rings. The Morgan fingerprint density at radius 1 is 1.36 bits per heavy atom. The molecule has 11 heavy (non-hydrogen) atoms. The molecule has 0 aliphatic heterocycles. The van der Waals surface area contributed by atoms with Gasteiger partial charge in [-0.05, 0) is 30.6 Å². The molecule has 2 aliphatic carbocycles. The third-order valence-corrected chi connectivity index (χ3v) is 2.85. The molecule has 3 atom stereocenters.